The fourth-order valence-corrected chi connectivity index (χ4v) is 3.06. The van der Waals surface area contributed by atoms with Crippen LogP contribution in [0.3, 0.4) is 0 Å². The molecule has 0 aliphatic heterocycles. The zero-order valence-corrected chi connectivity index (χ0v) is 11.4. The molecule has 1 aliphatic rings. The average Bonchev–Trinajstić information content (AvgIpc) is 2.40. The number of rotatable bonds is 2. The maximum Gasteiger partial charge on any atom is 0.392 e. The van der Waals surface area contributed by atoms with E-state index in [1.807, 2.05) is 0 Å². The molecule has 1 saturated carbocycles. The lowest BCUT2D eigenvalue weighted by Gasteiger charge is -2.36. The number of hydrogen-bond donors (Lipinski definition) is 1. The van der Waals surface area contributed by atoms with E-state index >= 15 is 0 Å². The van der Waals surface area contributed by atoms with E-state index < -0.39 is 29.9 Å². The Bertz CT molecular complexity index is 469. The van der Waals surface area contributed by atoms with E-state index in [0.29, 0.717) is 24.0 Å². The first-order valence-electron chi connectivity index (χ1n) is 6.89. The lowest BCUT2D eigenvalue weighted by Crippen LogP contribution is -2.38. The third-order valence-corrected chi connectivity index (χ3v) is 4.28. The topological polar surface area (TPSA) is 26.0 Å². The van der Waals surface area contributed by atoms with Crippen molar-refractivity contribution in [2.45, 2.75) is 44.8 Å². The van der Waals surface area contributed by atoms with Gasteiger partial charge in [0.2, 0.25) is 0 Å². The minimum absolute atomic E-state index is 0.121. The zero-order chi connectivity index (χ0) is 14.9. The van der Waals surface area contributed by atoms with E-state index in [1.54, 1.807) is 19.1 Å². The van der Waals surface area contributed by atoms with Crippen molar-refractivity contribution in [2.75, 3.05) is 0 Å². The number of nitrogens with two attached hydrogens (primary N) is 1. The number of halogens is 4. The fourth-order valence-electron chi connectivity index (χ4n) is 3.06. The van der Waals surface area contributed by atoms with Crippen molar-refractivity contribution in [3.8, 4) is 0 Å². The molecule has 0 amide bonds. The van der Waals surface area contributed by atoms with Gasteiger partial charge in [-0.1, -0.05) is 25.0 Å². The fraction of sp³-hybridized carbons (Fsp3) is 0.600. The van der Waals surface area contributed by atoms with Gasteiger partial charge in [0, 0.05) is 6.04 Å². The highest BCUT2D eigenvalue weighted by atomic mass is 19.4. The van der Waals surface area contributed by atoms with Crippen LogP contribution >= 0.6 is 0 Å². The first-order chi connectivity index (χ1) is 9.30. The molecule has 0 radical (unpaired) electrons. The highest BCUT2D eigenvalue weighted by molar-refractivity contribution is 5.26. The quantitative estimate of drug-likeness (QED) is 0.797. The van der Waals surface area contributed by atoms with E-state index in [-0.39, 0.29) is 6.42 Å². The minimum atomic E-state index is -4.23. The van der Waals surface area contributed by atoms with Gasteiger partial charge in [-0.25, -0.2) is 4.39 Å². The lowest BCUT2D eigenvalue weighted by atomic mass is 9.73. The molecule has 0 aromatic heterocycles. The molecule has 1 fully saturated rings. The van der Waals surface area contributed by atoms with Gasteiger partial charge in [-0.05, 0) is 42.9 Å². The normalized spacial score (nSPS) is 25.5. The molecule has 3 unspecified atom stereocenters. The molecule has 0 heterocycles. The summed E-state index contributed by atoms with van der Waals surface area (Å²) in [4.78, 5) is 0. The molecule has 0 spiro atoms. The van der Waals surface area contributed by atoms with Crippen molar-refractivity contribution >= 4 is 0 Å². The highest BCUT2D eigenvalue weighted by Gasteiger charge is 2.47. The Morgan fingerprint density at radius 3 is 2.45 bits per heavy atom. The first-order valence-corrected chi connectivity index (χ1v) is 6.89. The van der Waals surface area contributed by atoms with Crippen molar-refractivity contribution in [1.82, 2.24) is 0 Å². The predicted octanol–water partition coefficient (Wildman–Crippen LogP) is 4.50. The standard InChI is InChI=1S/C15H19F4N/c1-9-6-7-10(8-13(9)16)14(20)11-4-2-3-5-12(11)15(17,18)19/h6-8,11-12,14H,2-5,20H2,1H3. The smallest absolute Gasteiger partial charge is 0.324 e. The van der Waals surface area contributed by atoms with E-state index in [0.717, 1.165) is 6.42 Å². The molecule has 5 heteroatoms. The van der Waals surface area contributed by atoms with Crippen LogP contribution in [0.2, 0.25) is 0 Å². The summed E-state index contributed by atoms with van der Waals surface area (Å²) >= 11 is 0. The van der Waals surface area contributed by atoms with Gasteiger partial charge in [0.25, 0.3) is 0 Å². The van der Waals surface area contributed by atoms with Crippen molar-refractivity contribution in [3.05, 3.63) is 35.1 Å². The summed E-state index contributed by atoms with van der Waals surface area (Å²) in [6.07, 6.45) is -2.34. The van der Waals surface area contributed by atoms with Crippen molar-refractivity contribution in [1.29, 1.82) is 0 Å². The second-order valence-electron chi connectivity index (χ2n) is 5.63. The van der Waals surface area contributed by atoms with Gasteiger partial charge in [-0.3, -0.25) is 0 Å². The van der Waals surface area contributed by atoms with E-state index in [2.05, 4.69) is 0 Å². The van der Waals surface area contributed by atoms with Crippen LogP contribution in [0.15, 0.2) is 18.2 Å². The van der Waals surface area contributed by atoms with Crippen molar-refractivity contribution in [3.63, 3.8) is 0 Å². The van der Waals surface area contributed by atoms with Gasteiger partial charge >= 0.3 is 6.18 Å². The van der Waals surface area contributed by atoms with Crippen molar-refractivity contribution in [2.24, 2.45) is 17.6 Å². The van der Waals surface area contributed by atoms with Crippen molar-refractivity contribution < 1.29 is 17.6 Å². The molecule has 2 N–H and O–H groups in total. The van der Waals surface area contributed by atoms with Gasteiger partial charge in [-0.2, -0.15) is 13.2 Å². The Morgan fingerprint density at radius 2 is 1.85 bits per heavy atom. The third kappa shape index (κ3) is 3.14. The van der Waals surface area contributed by atoms with Crippen LogP contribution in [-0.2, 0) is 0 Å². The first kappa shape index (κ1) is 15.3. The Labute approximate surface area is 116 Å². The van der Waals surface area contributed by atoms with Crippen LogP contribution in [0.25, 0.3) is 0 Å². The van der Waals surface area contributed by atoms with Gasteiger partial charge in [-0.15, -0.1) is 0 Å². The molecule has 0 saturated heterocycles. The Hall–Kier alpha value is -1.10. The molecule has 1 nitrogen and oxygen atoms in total. The number of hydrogen-bond acceptors (Lipinski definition) is 1. The SMILES string of the molecule is Cc1ccc(C(N)C2CCCCC2C(F)(F)F)cc1F. The summed E-state index contributed by atoms with van der Waals surface area (Å²) in [7, 11) is 0. The summed E-state index contributed by atoms with van der Waals surface area (Å²) < 4.78 is 52.8. The maximum atomic E-state index is 13.6. The third-order valence-electron chi connectivity index (χ3n) is 4.28. The Kier molecular flexibility index (Phi) is 4.37. The predicted molar refractivity (Wildman–Crippen MR) is 69.6 cm³/mol. The van der Waals surface area contributed by atoms with Gasteiger partial charge in [0.15, 0.2) is 0 Å². The van der Waals surface area contributed by atoms with E-state index in [1.165, 1.54) is 6.07 Å². The van der Waals surface area contributed by atoms with Gasteiger partial charge < -0.3 is 5.73 Å². The average molecular weight is 289 g/mol. The van der Waals surface area contributed by atoms with Gasteiger partial charge in [0.05, 0.1) is 5.92 Å². The lowest BCUT2D eigenvalue weighted by molar-refractivity contribution is -0.198. The Balaban J connectivity index is 2.25. The van der Waals surface area contributed by atoms with Crippen LogP contribution in [0.1, 0.15) is 42.9 Å². The van der Waals surface area contributed by atoms with E-state index in [9.17, 15) is 17.6 Å². The van der Waals surface area contributed by atoms with Crippen LogP contribution < -0.4 is 5.73 Å². The van der Waals surface area contributed by atoms with E-state index in [4.69, 9.17) is 5.73 Å². The molecule has 112 valence electrons. The highest BCUT2D eigenvalue weighted by Crippen LogP contribution is 2.45. The molecular weight excluding hydrogens is 270 g/mol. The summed E-state index contributed by atoms with van der Waals surface area (Å²) in [5.74, 6) is -2.46. The largest absolute Gasteiger partial charge is 0.392 e. The number of aryl methyl sites for hydroxylation is 1. The molecule has 1 aliphatic carbocycles. The summed E-state index contributed by atoms with van der Waals surface area (Å²) in [6.45, 7) is 1.61. The monoisotopic (exact) mass is 289 g/mol. The zero-order valence-electron chi connectivity index (χ0n) is 11.4. The molecule has 2 rings (SSSR count). The second-order valence-corrected chi connectivity index (χ2v) is 5.63. The summed E-state index contributed by atoms with van der Waals surface area (Å²) in [5.41, 5.74) is 6.93. The molecule has 20 heavy (non-hydrogen) atoms. The summed E-state index contributed by atoms with van der Waals surface area (Å²) in [6, 6.07) is 3.69. The second kappa shape index (κ2) is 5.72. The summed E-state index contributed by atoms with van der Waals surface area (Å²) in [5, 5.41) is 0. The minimum Gasteiger partial charge on any atom is -0.324 e. The van der Waals surface area contributed by atoms with Crippen LogP contribution in [-0.4, -0.2) is 6.18 Å². The Morgan fingerprint density at radius 1 is 1.20 bits per heavy atom. The maximum absolute atomic E-state index is 13.6. The van der Waals surface area contributed by atoms with Crippen LogP contribution in [0.5, 0.6) is 0 Å². The molecule has 3 atom stereocenters. The number of benzene rings is 1. The van der Waals surface area contributed by atoms with Crippen LogP contribution in [0.4, 0.5) is 17.6 Å². The van der Waals surface area contributed by atoms with Crippen LogP contribution in [0, 0.1) is 24.6 Å². The molecule has 1 aromatic rings. The number of alkyl halides is 3. The molecule has 1 aromatic carbocycles. The molecule has 0 bridgehead atoms. The van der Waals surface area contributed by atoms with Gasteiger partial charge in [0.1, 0.15) is 5.82 Å². The molecular formula is C15H19F4N.